The molecule has 0 N–H and O–H groups in total. The molecule has 116 valence electrons. The quantitative estimate of drug-likeness (QED) is 0.866. The first-order chi connectivity index (χ1) is 10.6. The van der Waals surface area contributed by atoms with Crippen LogP contribution >= 0.6 is 11.8 Å². The van der Waals surface area contributed by atoms with Gasteiger partial charge < -0.3 is 9.42 Å². The van der Waals surface area contributed by atoms with E-state index in [0.29, 0.717) is 29.7 Å². The Morgan fingerprint density at radius 1 is 1.50 bits per heavy atom. The molecule has 0 bridgehead atoms. The molecule has 7 heteroatoms. The normalized spacial score (nSPS) is 18.7. The summed E-state index contributed by atoms with van der Waals surface area (Å²) in [6.45, 7) is 2.36. The van der Waals surface area contributed by atoms with Gasteiger partial charge in [0.2, 0.25) is 11.8 Å². The van der Waals surface area contributed by atoms with Gasteiger partial charge in [-0.3, -0.25) is 4.79 Å². The van der Waals surface area contributed by atoms with Crippen molar-refractivity contribution in [2.24, 2.45) is 0 Å². The van der Waals surface area contributed by atoms with E-state index in [0.717, 1.165) is 12.8 Å². The smallest absolute Gasteiger partial charge is 0.240 e. The Kier molecular flexibility index (Phi) is 4.42. The lowest BCUT2D eigenvalue weighted by atomic mass is 10.1. The predicted molar refractivity (Wildman–Crippen MR) is 82.1 cm³/mol. The lowest BCUT2D eigenvalue weighted by Gasteiger charge is -2.31. The van der Waals surface area contributed by atoms with Crippen LogP contribution in [0.3, 0.4) is 0 Å². The van der Waals surface area contributed by atoms with Gasteiger partial charge in [0.15, 0.2) is 5.82 Å². The molecule has 0 saturated carbocycles. The summed E-state index contributed by atoms with van der Waals surface area (Å²) in [4.78, 5) is 18.4. The highest BCUT2D eigenvalue weighted by atomic mass is 32.2. The second kappa shape index (κ2) is 6.48. The second-order valence-electron chi connectivity index (χ2n) is 5.14. The maximum atomic E-state index is 13.3. The van der Waals surface area contributed by atoms with E-state index < -0.39 is 0 Å². The lowest BCUT2D eigenvalue weighted by Crippen LogP contribution is -2.43. The Morgan fingerprint density at radius 3 is 3.09 bits per heavy atom. The van der Waals surface area contributed by atoms with Crippen LogP contribution in [-0.4, -0.2) is 27.8 Å². The highest BCUT2D eigenvalue weighted by Gasteiger charge is 2.30. The summed E-state index contributed by atoms with van der Waals surface area (Å²) in [5, 5.41) is 3.68. The molecular weight excluding hydrogens is 305 g/mol. The number of piperidine rings is 1. The Morgan fingerprint density at radius 2 is 2.36 bits per heavy atom. The molecular formula is C15H16FN3O2S. The van der Waals surface area contributed by atoms with Crippen molar-refractivity contribution in [2.75, 3.05) is 11.4 Å². The summed E-state index contributed by atoms with van der Waals surface area (Å²) < 4.78 is 18.3. The van der Waals surface area contributed by atoms with E-state index in [1.807, 2.05) is 0 Å². The minimum Gasteiger partial charge on any atom is -0.340 e. The molecule has 0 radical (unpaired) electrons. The van der Waals surface area contributed by atoms with Crippen LogP contribution in [0.1, 0.15) is 24.6 Å². The van der Waals surface area contributed by atoms with Crippen molar-refractivity contribution in [3.8, 4) is 0 Å². The number of aromatic nitrogens is 2. The molecule has 1 saturated heterocycles. The van der Waals surface area contributed by atoms with Crippen LogP contribution in [0, 0.1) is 12.7 Å². The fourth-order valence-corrected chi connectivity index (χ4v) is 3.54. The summed E-state index contributed by atoms with van der Waals surface area (Å²) in [7, 11) is 0. The molecule has 1 fully saturated rings. The van der Waals surface area contributed by atoms with Gasteiger partial charge >= 0.3 is 0 Å². The zero-order chi connectivity index (χ0) is 15.5. The Labute approximate surface area is 131 Å². The van der Waals surface area contributed by atoms with Crippen LogP contribution in [0.25, 0.3) is 0 Å². The van der Waals surface area contributed by atoms with Crippen LogP contribution in [0.4, 0.5) is 10.1 Å². The molecule has 1 aromatic heterocycles. The largest absolute Gasteiger partial charge is 0.340 e. The van der Waals surface area contributed by atoms with E-state index in [-0.39, 0.29) is 17.0 Å². The number of amides is 1. The third-order valence-electron chi connectivity index (χ3n) is 3.49. The monoisotopic (exact) mass is 321 g/mol. The molecule has 0 unspecified atom stereocenters. The van der Waals surface area contributed by atoms with Gasteiger partial charge in [-0.05, 0) is 31.0 Å². The minimum atomic E-state index is -0.331. The summed E-state index contributed by atoms with van der Waals surface area (Å²) in [5.74, 6) is 1.33. The number of rotatable bonds is 4. The summed E-state index contributed by atoms with van der Waals surface area (Å²) >= 11 is 1.50. The van der Waals surface area contributed by atoms with Gasteiger partial charge in [0, 0.05) is 19.2 Å². The number of hydrogen-bond acceptors (Lipinski definition) is 5. The van der Waals surface area contributed by atoms with Crippen LogP contribution in [0.15, 0.2) is 28.8 Å². The van der Waals surface area contributed by atoms with E-state index in [9.17, 15) is 9.18 Å². The number of carbonyl (C=O) groups excluding carboxylic acids is 1. The molecule has 0 spiro atoms. The first-order valence-electron chi connectivity index (χ1n) is 7.11. The van der Waals surface area contributed by atoms with Crippen molar-refractivity contribution >= 4 is 23.4 Å². The van der Waals surface area contributed by atoms with Gasteiger partial charge in [-0.2, -0.15) is 4.98 Å². The molecule has 1 aliphatic rings. The van der Waals surface area contributed by atoms with Crippen molar-refractivity contribution in [2.45, 2.75) is 30.8 Å². The van der Waals surface area contributed by atoms with Crippen molar-refractivity contribution in [1.29, 1.82) is 0 Å². The summed E-state index contributed by atoms with van der Waals surface area (Å²) in [6.07, 6.45) is 1.71. The van der Waals surface area contributed by atoms with Gasteiger partial charge in [-0.1, -0.05) is 11.2 Å². The molecule has 1 aliphatic heterocycles. The number of hydrogen-bond donors (Lipinski definition) is 0. The highest BCUT2D eigenvalue weighted by molar-refractivity contribution is 7.99. The molecule has 0 aliphatic carbocycles. The van der Waals surface area contributed by atoms with Crippen LogP contribution < -0.4 is 4.90 Å². The number of halogens is 1. The topological polar surface area (TPSA) is 59.2 Å². The van der Waals surface area contributed by atoms with Gasteiger partial charge in [0.05, 0.1) is 11.0 Å². The van der Waals surface area contributed by atoms with Crippen LogP contribution in [-0.2, 0) is 10.5 Å². The third-order valence-corrected chi connectivity index (χ3v) is 4.76. The zero-order valence-electron chi connectivity index (χ0n) is 12.2. The molecule has 5 nitrogen and oxygen atoms in total. The van der Waals surface area contributed by atoms with Gasteiger partial charge in [-0.15, -0.1) is 11.8 Å². The number of nitrogens with zero attached hydrogens (tertiary/aromatic N) is 3. The van der Waals surface area contributed by atoms with Gasteiger partial charge in [0.1, 0.15) is 5.82 Å². The summed E-state index contributed by atoms with van der Waals surface area (Å²) in [6, 6.07) is 6.16. The van der Waals surface area contributed by atoms with Crippen molar-refractivity contribution < 1.29 is 13.7 Å². The number of benzene rings is 1. The van der Waals surface area contributed by atoms with E-state index in [4.69, 9.17) is 4.52 Å². The molecule has 1 aromatic carbocycles. The molecule has 1 atom stereocenters. The Balaban J connectivity index is 1.67. The van der Waals surface area contributed by atoms with Crippen LogP contribution in [0.2, 0.25) is 0 Å². The Bertz CT molecular complexity index is 676. The van der Waals surface area contributed by atoms with Crippen LogP contribution in [0.5, 0.6) is 0 Å². The fourth-order valence-electron chi connectivity index (χ4n) is 2.47. The average Bonchev–Trinajstić information content (AvgIpc) is 2.92. The van der Waals surface area contributed by atoms with E-state index in [1.54, 1.807) is 24.0 Å². The lowest BCUT2D eigenvalue weighted by molar-refractivity contribution is -0.119. The number of aryl methyl sites for hydroxylation is 1. The van der Waals surface area contributed by atoms with E-state index in [1.165, 1.54) is 23.9 Å². The standard InChI is InChI=1S/C15H16FN3O2S/c1-10-17-14(18-21-10)9-22-13-6-3-7-19(15(13)20)12-5-2-4-11(16)8-12/h2,4-5,8,13H,3,6-7,9H2,1H3/t13-/m0/s1. The minimum absolute atomic E-state index is 0.0158. The number of thioether (sulfide) groups is 1. The predicted octanol–water partition coefficient (Wildman–Crippen LogP) is 2.95. The van der Waals surface area contributed by atoms with Gasteiger partial charge in [-0.25, -0.2) is 4.39 Å². The number of anilines is 1. The molecule has 22 heavy (non-hydrogen) atoms. The molecule has 2 heterocycles. The van der Waals surface area contributed by atoms with Crippen molar-refractivity contribution in [3.63, 3.8) is 0 Å². The third kappa shape index (κ3) is 3.30. The SMILES string of the molecule is Cc1nc(CS[C@H]2CCCN(c3cccc(F)c3)C2=O)no1. The molecule has 2 aromatic rings. The first kappa shape index (κ1) is 15.0. The number of carbonyl (C=O) groups is 1. The van der Waals surface area contributed by atoms with Crippen molar-refractivity contribution in [3.05, 3.63) is 41.8 Å². The maximum absolute atomic E-state index is 13.3. The van der Waals surface area contributed by atoms with E-state index in [2.05, 4.69) is 10.1 Å². The zero-order valence-corrected chi connectivity index (χ0v) is 13.0. The fraction of sp³-hybridized carbons (Fsp3) is 0.400. The second-order valence-corrected chi connectivity index (χ2v) is 6.33. The van der Waals surface area contributed by atoms with Crippen molar-refractivity contribution in [1.82, 2.24) is 10.1 Å². The molecule has 3 rings (SSSR count). The summed E-state index contributed by atoms with van der Waals surface area (Å²) in [5.41, 5.74) is 0.616. The Hall–Kier alpha value is -1.89. The maximum Gasteiger partial charge on any atom is 0.240 e. The highest BCUT2D eigenvalue weighted by Crippen LogP contribution is 2.29. The molecule has 1 amide bonds. The first-order valence-corrected chi connectivity index (χ1v) is 8.16. The average molecular weight is 321 g/mol. The van der Waals surface area contributed by atoms with Gasteiger partial charge in [0.25, 0.3) is 0 Å². The van der Waals surface area contributed by atoms with E-state index >= 15 is 0 Å².